The quantitative estimate of drug-likeness (QED) is 0.780. The Morgan fingerprint density at radius 1 is 1.56 bits per heavy atom. The third-order valence-corrected chi connectivity index (χ3v) is 4.54. The lowest BCUT2D eigenvalue weighted by molar-refractivity contribution is 0.0906. The van der Waals surface area contributed by atoms with Crippen LogP contribution in [0.3, 0.4) is 0 Å². The lowest BCUT2D eigenvalue weighted by Gasteiger charge is -2.14. The fourth-order valence-corrected chi connectivity index (χ4v) is 3.31. The van der Waals surface area contributed by atoms with Gasteiger partial charge in [0.1, 0.15) is 5.69 Å². The fraction of sp³-hybridized carbons (Fsp3) is 0.714. The molecule has 1 aromatic rings. The van der Waals surface area contributed by atoms with Gasteiger partial charge in [-0.25, -0.2) is 0 Å². The van der Waals surface area contributed by atoms with Gasteiger partial charge in [0, 0.05) is 12.0 Å². The number of Topliss-reactive ketones (excluding diaryl/α,β-unsaturated/α-hetero) is 1. The second kappa shape index (κ2) is 5.55. The first-order valence-electron chi connectivity index (χ1n) is 6.81. The molecule has 0 bridgehead atoms. The largest absolute Gasteiger partial charge is 0.292 e. The molecule has 0 aromatic carbocycles. The van der Waals surface area contributed by atoms with Gasteiger partial charge in [0.25, 0.3) is 0 Å². The van der Waals surface area contributed by atoms with E-state index in [2.05, 4.69) is 41.8 Å². The van der Waals surface area contributed by atoms with Crippen molar-refractivity contribution in [3.63, 3.8) is 0 Å². The van der Waals surface area contributed by atoms with E-state index in [1.54, 1.807) is 6.20 Å². The van der Waals surface area contributed by atoms with E-state index in [9.17, 15) is 4.79 Å². The first kappa shape index (κ1) is 13.8. The molecule has 0 amide bonds. The van der Waals surface area contributed by atoms with E-state index in [-0.39, 0.29) is 17.7 Å². The van der Waals surface area contributed by atoms with Crippen molar-refractivity contribution >= 4 is 21.7 Å². The molecule has 2 rings (SSSR count). The normalized spacial score (nSPS) is 23.8. The molecule has 1 saturated carbocycles. The molecule has 1 aliphatic carbocycles. The molecule has 100 valence electrons. The molecule has 1 aliphatic rings. The van der Waals surface area contributed by atoms with Crippen LogP contribution in [0.5, 0.6) is 0 Å². The lowest BCUT2D eigenvalue weighted by Crippen LogP contribution is -2.19. The molecule has 0 radical (unpaired) electrons. The predicted molar refractivity (Wildman–Crippen MR) is 75.8 cm³/mol. The van der Waals surface area contributed by atoms with Crippen LogP contribution in [-0.2, 0) is 0 Å². The molecule has 1 heterocycles. The summed E-state index contributed by atoms with van der Waals surface area (Å²) in [5.74, 6) is 1.19. The van der Waals surface area contributed by atoms with Crippen LogP contribution >= 0.6 is 15.9 Å². The zero-order valence-electron chi connectivity index (χ0n) is 11.3. The van der Waals surface area contributed by atoms with Gasteiger partial charge in [-0.1, -0.05) is 13.3 Å². The van der Waals surface area contributed by atoms with Crippen LogP contribution in [0.15, 0.2) is 10.7 Å². The maximum absolute atomic E-state index is 12.6. The van der Waals surface area contributed by atoms with E-state index in [4.69, 9.17) is 0 Å². The maximum Gasteiger partial charge on any atom is 0.185 e. The van der Waals surface area contributed by atoms with Crippen LogP contribution in [0.4, 0.5) is 0 Å². The number of aromatic nitrogens is 2. The predicted octanol–water partition coefficient (Wildman–Crippen LogP) is 4.24. The van der Waals surface area contributed by atoms with Crippen LogP contribution in [0.1, 0.15) is 63.0 Å². The number of nitrogens with zero attached hydrogens (tertiary/aromatic N) is 2. The van der Waals surface area contributed by atoms with Gasteiger partial charge in [0.05, 0.1) is 10.7 Å². The molecule has 0 saturated heterocycles. The van der Waals surface area contributed by atoms with E-state index >= 15 is 0 Å². The summed E-state index contributed by atoms with van der Waals surface area (Å²) in [4.78, 5) is 12.6. The SMILES string of the molecule is CCC1CCC(C(=O)c2c(Br)cnn2C(C)C)C1. The van der Waals surface area contributed by atoms with Crippen LogP contribution in [-0.4, -0.2) is 15.6 Å². The van der Waals surface area contributed by atoms with Gasteiger partial charge in [-0.3, -0.25) is 9.48 Å². The molecule has 3 nitrogen and oxygen atoms in total. The Morgan fingerprint density at radius 2 is 2.28 bits per heavy atom. The van der Waals surface area contributed by atoms with Crippen molar-refractivity contribution in [1.29, 1.82) is 0 Å². The maximum atomic E-state index is 12.6. The molecular formula is C14H21BrN2O. The minimum Gasteiger partial charge on any atom is -0.292 e. The Morgan fingerprint density at radius 3 is 2.83 bits per heavy atom. The zero-order valence-corrected chi connectivity index (χ0v) is 12.9. The smallest absolute Gasteiger partial charge is 0.185 e. The molecule has 18 heavy (non-hydrogen) atoms. The average Bonchev–Trinajstić information content (AvgIpc) is 2.94. The summed E-state index contributed by atoms with van der Waals surface area (Å²) in [7, 11) is 0. The number of carbonyl (C=O) groups is 1. The molecule has 0 aliphatic heterocycles. The Bertz CT molecular complexity index is 439. The Kier molecular flexibility index (Phi) is 4.25. The van der Waals surface area contributed by atoms with Gasteiger partial charge in [-0.15, -0.1) is 0 Å². The second-order valence-corrected chi connectivity index (χ2v) is 6.38. The molecule has 2 atom stereocenters. The van der Waals surface area contributed by atoms with Gasteiger partial charge in [0.15, 0.2) is 5.78 Å². The molecule has 1 aromatic heterocycles. The highest BCUT2D eigenvalue weighted by molar-refractivity contribution is 9.10. The lowest BCUT2D eigenvalue weighted by atomic mass is 9.97. The average molecular weight is 313 g/mol. The summed E-state index contributed by atoms with van der Waals surface area (Å²) in [5, 5.41) is 4.30. The summed E-state index contributed by atoms with van der Waals surface area (Å²) in [6.07, 6.45) is 6.20. The van der Waals surface area contributed by atoms with Crippen molar-refractivity contribution in [2.75, 3.05) is 0 Å². The molecule has 4 heteroatoms. The third kappa shape index (κ3) is 2.53. The molecule has 2 unspecified atom stereocenters. The van der Waals surface area contributed by atoms with Crippen molar-refractivity contribution < 1.29 is 4.79 Å². The van der Waals surface area contributed by atoms with Gasteiger partial charge in [0.2, 0.25) is 0 Å². The van der Waals surface area contributed by atoms with E-state index in [1.165, 1.54) is 12.8 Å². The van der Waals surface area contributed by atoms with Crippen LogP contribution < -0.4 is 0 Å². The number of hydrogen-bond acceptors (Lipinski definition) is 2. The highest BCUT2D eigenvalue weighted by atomic mass is 79.9. The second-order valence-electron chi connectivity index (χ2n) is 5.53. The van der Waals surface area contributed by atoms with Crippen molar-refractivity contribution in [2.24, 2.45) is 11.8 Å². The standard InChI is InChI=1S/C14H21BrN2O/c1-4-10-5-6-11(7-10)14(18)13-12(15)8-16-17(13)9(2)3/h8-11H,4-7H2,1-3H3. The van der Waals surface area contributed by atoms with Crippen LogP contribution in [0, 0.1) is 11.8 Å². The summed E-state index contributed by atoms with van der Waals surface area (Å²) in [6, 6.07) is 0.221. The third-order valence-electron chi connectivity index (χ3n) is 3.96. The molecule has 0 N–H and O–H groups in total. The fourth-order valence-electron chi connectivity index (χ4n) is 2.84. The van der Waals surface area contributed by atoms with Crippen molar-refractivity contribution in [2.45, 2.75) is 52.5 Å². The minimum absolute atomic E-state index is 0.195. The Balaban J connectivity index is 2.21. The summed E-state index contributed by atoms with van der Waals surface area (Å²) in [6.45, 7) is 6.32. The summed E-state index contributed by atoms with van der Waals surface area (Å²) in [5.41, 5.74) is 0.756. The van der Waals surface area contributed by atoms with Crippen LogP contribution in [0.25, 0.3) is 0 Å². The summed E-state index contributed by atoms with van der Waals surface area (Å²) < 4.78 is 2.67. The van der Waals surface area contributed by atoms with E-state index in [0.29, 0.717) is 0 Å². The highest BCUT2D eigenvalue weighted by Crippen LogP contribution is 2.36. The highest BCUT2D eigenvalue weighted by Gasteiger charge is 2.32. The molecular weight excluding hydrogens is 292 g/mol. The molecule has 0 spiro atoms. The number of rotatable bonds is 4. The Labute approximate surface area is 117 Å². The van der Waals surface area contributed by atoms with Gasteiger partial charge in [-0.2, -0.15) is 5.10 Å². The van der Waals surface area contributed by atoms with Gasteiger partial charge in [-0.05, 0) is 55.0 Å². The van der Waals surface area contributed by atoms with E-state index in [1.807, 2.05) is 4.68 Å². The zero-order chi connectivity index (χ0) is 13.3. The van der Waals surface area contributed by atoms with Crippen molar-refractivity contribution in [3.05, 3.63) is 16.4 Å². The van der Waals surface area contributed by atoms with Gasteiger partial charge >= 0.3 is 0 Å². The van der Waals surface area contributed by atoms with E-state index in [0.717, 1.165) is 28.9 Å². The minimum atomic E-state index is 0.195. The number of ketones is 1. The monoisotopic (exact) mass is 312 g/mol. The van der Waals surface area contributed by atoms with E-state index < -0.39 is 0 Å². The topological polar surface area (TPSA) is 34.9 Å². The van der Waals surface area contributed by atoms with Crippen molar-refractivity contribution in [3.8, 4) is 0 Å². The van der Waals surface area contributed by atoms with Gasteiger partial charge < -0.3 is 0 Å². The number of halogens is 1. The summed E-state index contributed by atoms with van der Waals surface area (Å²) >= 11 is 3.46. The van der Waals surface area contributed by atoms with Crippen molar-refractivity contribution in [1.82, 2.24) is 9.78 Å². The van der Waals surface area contributed by atoms with Crippen LogP contribution in [0.2, 0.25) is 0 Å². The first-order chi connectivity index (χ1) is 8.54. The molecule has 1 fully saturated rings. The Hall–Kier alpha value is -0.640. The first-order valence-corrected chi connectivity index (χ1v) is 7.61. The number of carbonyl (C=O) groups excluding carboxylic acids is 1. The number of hydrogen-bond donors (Lipinski definition) is 0.